The topological polar surface area (TPSA) is 116 Å². The molecule has 0 aliphatic rings. The zero-order valence-corrected chi connectivity index (χ0v) is 17.4. The summed E-state index contributed by atoms with van der Waals surface area (Å²) in [4.78, 5) is 48.5. The van der Waals surface area contributed by atoms with Gasteiger partial charge in [0.05, 0.1) is 20.1 Å². The Morgan fingerprint density at radius 3 is 2.55 bits per heavy atom. The van der Waals surface area contributed by atoms with E-state index in [4.69, 9.17) is 9.84 Å². The van der Waals surface area contributed by atoms with Crippen LogP contribution in [0.3, 0.4) is 0 Å². The van der Waals surface area contributed by atoms with E-state index < -0.39 is 54.4 Å². The minimum Gasteiger partial charge on any atom is -0.497 e. The summed E-state index contributed by atoms with van der Waals surface area (Å²) >= 11 is 0. The second-order valence-electron chi connectivity index (χ2n) is 7.13. The van der Waals surface area contributed by atoms with E-state index in [0.717, 1.165) is 5.56 Å². The number of carbonyl (C=O) groups is 3. The maximum Gasteiger partial charge on any atom is 0.304 e. The smallest absolute Gasteiger partial charge is 0.304 e. The first-order chi connectivity index (χ1) is 14.8. The SMILES string of the molecule is CCC(C(=O)CC(CC(=O)O)C(=O)CF)c1ccnn(Cc2cccc(OC)c2)c1=O. The van der Waals surface area contributed by atoms with Crippen molar-refractivity contribution in [3.63, 3.8) is 0 Å². The van der Waals surface area contributed by atoms with Crippen LogP contribution in [0.2, 0.25) is 0 Å². The summed E-state index contributed by atoms with van der Waals surface area (Å²) in [5.41, 5.74) is 0.518. The maximum absolute atomic E-state index is 13.0. The zero-order chi connectivity index (χ0) is 23.0. The highest BCUT2D eigenvalue weighted by Gasteiger charge is 2.29. The van der Waals surface area contributed by atoms with Gasteiger partial charge in [0.25, 0.3) is 5.56 Å². The predicted octanol–water partition coefficient (Wildman–Crippen LogP) is 2.38. The molecule has 2 rings (SSSR count). The second kappa shape index (κ2) is 11.1. The van der Waals surface area contributed by atoms with E-state index in [-0.39, 0.29) is 18.5 Å². The molecule has 0 aliphatic carbocycles. The number of carboxylic acids is 1. The summed E-state index contributed by atoms with van der Waals surface area (Å²) in [6.45, 7) is 0.527. The number of halogens is 1. The number of Topliss-reactive ketones (excluding diaryl/α,β-unsaturated/α-hetero) is 2. The first-order valence-corrected chi connectivity index (χ1v) is 9.82. The van der Waals surface area contributed by atoms with Crippen molar-refractivity contribution in [2.24, 2.45) is 5.92 Å². The molecule has 2 unspecified atom stereocenters. The number of ketones is 2. The predicted molar refractivity (Wildman–Crippen MR) is 110 cm³/mol. The number of rotatable bonds is 12. The van der Waals surface area contributed by atoms with E-state index in [9.17, 15) is 23.6 Å². The lowest BCUT2D eigenvalue weighted by molar-refractivity contribution is -0.141. The van der Waals surface area contributed by atoms with E-state index in [2.05, 4.69) is 5.10 Å². The van der Waals surface area contributed by atoms with E-state index in [1.165, 1.54) is 24.1 Å². The van der Waals surface area contributed by atoms with E-state index >= 15 is 0 Å². The number of methoxy groups -OCH3 is 1. The van der Waals surface area contributed by atoms with Gasteiger partial charge in [-0.15, -0.1) is 0 Å². The fraction of sp³-hybridized carbons (Fsp3) is 0.409. The third-order valence-electron chi connectivity index (χ3n) is 5.04. The Morgan fingerprint density at radius 2 is 1.94 bits per heavy atom. The van der Waals surface area contributed by atoms with Crippen molar-refractivity contribution in [2.75, 3.05) is 13.8 Å². The Morgan fingerprint density at radius 1 is 1.19 bits per heavy atom. The number of benzene rings is 1. The Labute approximate surface area is 178 Å². The monoisotopic (exact) mass is 432 g/mol. The molecule has 8 nitrogen and oxygen atoms in total. The standard InChI is InChI=1S/C22H25FN2O6/c1-3-17(19(26)10-15(11-21(28)29)20(27)12-23)18-7-8-24-25(22(18)30)13-14-5-4-6-16(9-14)31-2/h4-9,15,17H,3,10-13H2,1-2H3,(H,28,29). The lowest BCUT2D eigenvalue weighted by atomic mass is 9.85. The quantitative estimate of drug-likeness (QED) is 0.547. The molecule has 9 heteroatoms. The number of ether oxygens (including phenoxy) is 1. The minimum absolute atomic E-state index is 0.163. The molecule has 31 heavy (non-hydrogen) atoms. The molecule has 1 heterocycles. The molecule has 0 spiro atoms. The number of carbonyl (C=O) groups excluding carboxylic acids is 2. The summed E-state index contributed by atoms with van der Waals surface area (Å²) in [5, 5.41) is 13.0. The van der Waals surface area contributed by atoms with Crippen molar-refractivity contribution in [1.29, 1.82) is 0 Å². The first kappa shape index (κ1) is 23.9. The molecule has 0 fully saturated rings. The van der Waals surface area contributed by atoms with Crippen molar-refractivity contribution in [3.8, 4) is 5.75 Å². The van der Waals surface area contributed by atoms with Gasteiger partial charge in [-0.1, -0.05) is 19.1 Å². The lowest BCUT2D eigenvalue weighted by Gasteiger charge is -2.18. The van der Waals surface area contributed by atoms with Gasteiger partial charge >= 0.3 is 5.97 Å². The Bertz CT molecular complexity index is 1000. The van der Waals surface area contributed by atoms with Gasteiger partial charge in [0.1, 0.15) is 18.2 Å². The molecule has 0 aliphatic heterocycles. The Hall–Kier alpha value is -3.36. The number of nitrogens with zero attached hydrogens (tertiary/aromatic N) is 2. The molecule has 1 N–H and O–H groups in total. The van der Waals surface area contributed by atoms with Crippen molar-refractivity contribution >= 4 is 17.5 Å². The van der Waals surface area contributed by atoms with Crippen molar-refractivity contribution in [2.45, 2.75) is 38.6 Å². The third kappa shape index (κ3) is 6.31. The van der Waals surface area contributed by atoms with Crippen LogP contribution in [-0.2, 0) is 20.9 Å². The number of alkyl halides is 1. The minimum atomic E-state index is -1.34. The zero-order valence-electron chi connectivity index (χ0n) is 17.4. The van der Waals surface area contributed by atoms with Gasteiger partial charge < -0.3 is 9.84 Å². The van der Waals surface area contributed by atoms with Crippen LogP contribution in [0.1, 0.15) is 43.2 Å². The molecule has 1 aromatic heterocycles. The highest BCUT2D eigenvalue weighted by Crippen LogP contribution is 2.23. The van der Waals surface area contributed by atoms with Crippen molar-refractivity contribution < 1.29 is 28.6 Å². The van der Waals surface area contributed by atoms with Crippen LogP contribution in [0.25, 0.3) is 0 Å². The lowest BCUT2D eigenvalue weighted by Crippen LogP contribution is -2.31. The number of hydrogen-bond acceptors (Lipinski definition) is 6. The number of aromatic nitrogens is 2. The van der Waals surface area contributed by atoms with Gasteiger partial charge in [0.15, 0.2) is 5.78 Å². The average molecular weight is 432 g/mol. The fourth-order valence-corrected chi connectivity index (χ4v) is 3.41. The Kier molecular flexibility index (Phi) is 8.60. The van der Waals surface area contributed by atoms with Gasteiger partial charge in [-0.2, -0.15) is 5.10 Å². The van der Waals surface area contributed by atoms with Crippen molar-refractivity contribution in [1.82, 2.24) is 9.78 Å². The van der Waals surface area contributed by atoms with Crippen LogP contribution in [0.4, 0.5) is 4.39 Å². The molecule has 0 amide bonds. The highest BCUT2D eigenvalue weighted by molar-refractivity contribution is 5.93. The van der Waals surface area contributed by atoms with Crippen LogP contribution in [0, 0.1) is 5.92 Å². The van der Waals surface area contributed by atoms with Crippen molar-refractivity contribution in [3.05, 3.63) is 58.0 Å². The molecular weight excluding hydrogens is 407 g/mol. The maximum atomic E-state index is 13.0. The van der Waals surface area contributed by atoms with Crippen LogP contribution < -0.4 is 10.3 Å². The summed E-state index contributed by atoms with van der Waals surface area (Å²) < 4.78 is 19.2. The second-order valence-corrected chi connectivity index (χ2v) is 7.13. The van der Waals surface area contributed by atoms with Gasteiger partial charge in [-0.3, -0.25) is 19.2 Å². The van der Waals surface area contributed by atoms with Crippen LogP contribution in [-0.4, -0.2) is 46.2 Å². The molecule has 0 saturated carbocycles. The van der Waals surface area contributed by atoms with E-state index in [0.29, 0.717) is 5.75 Å². The van der Waals surface area contributed by atoms with Crippen LogP contribution >= 0.6 is 0 Å². The summed E-state index contributed by atoms with van der Waals surface area (Å²) in [7, 11) is 1.53. The van der Waals surface area contributed by atoms with Gasteiger partial charge in [0, 0.05) is 30.0 Å². The Balaban J connectivity index is 2.29. The first-order valence-electron chi connectivity index (χ1n) is 9.82. The molecule has 0 bridgehead atoms. The van der Waals surface area contributed by atoms with E-state index in [1.54, 1.807) is 25.1 Å². The van der Waals surface area contributed by atoms with Crippen LogP contribution in [0.15, 0.2) is 41.3 Å². The molecular formula is C22H25FN2O6. The van der Waals surface area contributed by atoms with Gasteiger partial charge in [-0.25, -0.2) is 9.07 Å². The third-order valence-corrected chi connectivity index (χ3v) is 5.04. The molecule has 0 saturated heterocycles. The number of aliphatic carboxylic acids is 1. The average Bonchev–Trinajstić information content (AvgIpc) is 2.75. The summed E-state index contributed by atoms with van der Waals surface area (Å²) in [6, 6.07) is 8.58. The summed E-state index contributed by atoms with van der Waals surface area (Å²) in [5.74, 6) is -4.19. The number of carboxylic acid groups (broad SMARTS) is 1. The number of hydrogen-bond donors (Lipinski definition) is 1. The molecule has 1 aromatic carbocycles. The van der Waals surface area contributed by atoms with Crippen LogP contribution in [0.5, 0.6) is 5.75 Å². The highest BCUT2D eigenvalue weighted by atomic mass is 19.1. The van der Waals surface area contributed by atoms with Gasteiger partial charge in [-0.05, 0) is 30.2 Å². The normalized spacial score (nSPS) is 12.7. The fourth-order valence-electron chi connectivity index (χ4n) is 3.41. The molecule has 2 aromatic rings. The van der Waals surface area contributed by atoms with E-state index in [1.807, 2.05) is 6.07 Å². The van der Waals surface area contributed by atoms with Gasteiger partial charge in [0.2, 0.25) is 0 Å². The largest absolute Gasteiger partial charge is 0.497 e. The molecule has 0 radical (unpaired) electrons. The summed E-state index contributed by atoms with van der Waals surface area (Å²) in [6.07, 6.45) is 0.599. The molecule has 166 valence electrons. The molecule has 2 atom stereocenters.